The van der Waals surface area contributed by atoms with Gasteiger partial charge in [-0.05, 0) is 50.4 Å². The van der Waals surface area contributed by atoms with Gasteiger partial charge in [0.2, 0.25) is 11.8 Å². The van der Waals surface area contributed by atoms with Gasteiger partial charge in [0.1, 0.15) is 5.76 Å². The fourth-order valence-corrected chi connectivity index (χ4v) is 3.55. The van der Waals surface area contributed by atoms with Gasteiger partial charge in [-0.15, -0.1) is 11.3 Å². The predicted octanol–water partition coefficient (Wildman–Crippen LogP) is 4.09. The van der Waals surface area contributed by atoms with Crippen LogP contribution in [-0.4, -0.2) is 25.7 Å². The normalized spacial score (nSPS) is 11.0. The van der Waals surface area contributed by atoms with Gasteiger partial charge in [0, 0.05) is 5.69 Å². The molecule has 4 aromatic rings. The van der Waals surface area contributed by atoms with Gasteiger partial charge in [-0.3, -0.25) is 4.79 Å². The summed E-state index contributed by atoms with van der Waals surface area (Å²) in [6.07, 6.45) is 1.76. The molecule has 0 bridgehead atoms. The molecule has 4 aromatic heterocycles. The second-order valence-electron chi connectivity index (χ2n) is 6.47. The molecule has 0 spiro atoms. The van der Waals surface area contributed by atoms with Crippen LogP contribution < -0.4 is 5.32 Å². The van der Waals surface area contributed by atoms with E-state index in [1.807, 2.05) is 56.5 Å². The molecule has 0 fully saturated rings. The summed E-state index contributed by atoms with van der Waals surface area (Å²) in [5.41, 5.74) is 3.19. The van der Waals surface area contributed by atoms with Gasteiger partial charge in [0.15, 0.2) is 5.82 Å². The molecular weight excluding hydrogens is 374 g/mol. The van der Waals surface area contributed by atoms with E-state index in [0.29, 0.717) is 28.9 Å². The Morgan fingerprint density at radius 2 is 2.11 bits per heavy atom. The van der Waals surface area contributed by atoms with Crippen LogP contribution in [-0.2, 0) is 11.2 Å². The van der Waals surface area contributed by atoms with E-state index >= 15 is 0 Å². The third-order valence-corrected chi connectivity index (χ3v) is 5.07. The average Bonchev–Trinajstić information content (AvgIpc) is 3.37. The van der Waals surface area contributed by atoms with Crippen molar-refractivity contribution in [1.29, 1.82) is 0 Å². The van der Waals surface area contributed by atoms with Gasteiger partial charge < -0.3 is 9.73 Å². The molecule has 4 rings (SSSR count). The number of aromatic nitrogens is 4. The molecule has 0 atom stereocenters. The van der Waals surface area contributed by atoms with E-state index in [-0.39, 0.29) is 12.3 Å². The lowest BCUT2D eigenvalue weighted by Crippen LogP contribution is -2.15. The Hall–Kier alpha value is -3.26. The summed E-state index contributed by atoms with van der Waals surface area (Å²) < 4.78 is 7.45. The number of nitrogens with zero attached hydrogens (tertiary/aromatic N) is 4. The van der Waals surface area contributed by atoms with Crippen LogP contribution in [0.2, 0.25) is 0 Å². The average molecular weight is 393 g/mol. The highest BCUT2D eigenvalue weighted by molar-refractivity contribution is 7.13. The van der Waals surface area contributed by atoms with Crippen LogP contribution in [0.15, 0.2) is 46.3 Å². The molecular formula is C20H19N5O2S. The number of aryl methyl sites for hydroxylation is 3. The first-order valence-corrected chi connectivity index (χ1v) is 9.67. The summed E-state index contributed by atoms with van der Waals surface area (Å²) in [6, 6.07) is 9.50. The zero-order valence-electron chi connectivity index (χ0n) is 15.8. The molecule has 0 radical (unpaired) electrons. The monoisotopic (exact) mass is 393 g/mol. The number of carbonyl (C=O) groups excluding carboxylic acids is 1. The molecule has 1 N–H and O–H groups in total. The number of carbonyl (C=O) groups is 1. The highest BCUT2D eigenvalue weighted by atomic mass is 32.1. The second-order valence-corrected chi connectivity index (χ2v) is 7.42. The maximum absolute atomic E-state index is 12.4. The van der Waals surface area contributed by atoms with Crippen LogP contribution in [0.4, 0.5) is 5.69 Å². The minimum absolute atomic E-state index is 0.139. The molecule has 7 nitrogen and oxygen atoms in total. The van der Waals surface area contributed by atoms with Gasteiger partial charge in [0.05, 0.1) is 34.6 Å². The summed E-state index contributed by atoms with van der Waals surface area (Å²) in [7, 11) is 0. The third kappa shape index (κ3) is 3.72. The molecule has 0 saturated carbocycles. The smallest absolute Gasteiger partial charge is 0.236 e. The Morgan fingerprint density at radius 3 is 2.75 bits per heavy atom. The van der Waals surface area contributed by atoms with Crippen LogP contribution >= 0.6 is 11.3 Å². The molecule has 142 valence electrons. The molecule has 8 heteroatoms. The standard InChI is InChI=1S/C20H19N5O2S/c1-12-9-13(2)25(24-12)18-7-6-15(11-21-18)22-19(26)10-16-14(3)27-20(23-16)17-5-4-8-28-17/h4-9,11H,10H2,1-3H3,(H,22,26). The minimum Gasteiger partial charge on any atom is -0.440 e. The van der Waals surface area contributed by atoms with Gasteiger partial charge in [-0.1, -0.05) is 6.07 Å². The lowest BCUT2D eigenvalue weighted by Gasteiger charge is -2.06. The van der Waals surface area contributed by atoms with Crippen LogP contribution in [0.3, 0.4) is 0 Å². The minimum atomic E-state index is -0.171. The zero-order chi connectivity index (χ0) is 19.7. The largest absolute Gasteiger partial charge is 0.440 e. The summed E-state index contributed by atoms with van der Waals surface area (Å²) in [5, 5.41) is 9.22. The number of thiophene rings is 1. The van der Waals surface area contributed by atoms with E-state index in [1.54, 1.807) is 22.2 Å². The van der Waals surface area contributed by atoms with Gasteiger partial charge >= 0.3 is 0 Å². The number of hydrogen-bond acceptors (Lipinski definition) is 6. The highest BCUT2D eigenvalue weighted by Crippen LogP contribution is 2.26. The number of hydrogen-bond donors (Lipinski definition) is 1. The van der Waals surface area contributed by atoms with Crippen molar-refractivity contribution < 1.29 is 9.21 Å². The molecule has 0 aliphatic rings. The first-order chi connectivity index (χ1) is 13.5. The van der Waals surface area contributed by atoms with E-state index in [4.69, 9.17) is 4.42 Å². The Morgan fingerprint density at radius 1 is 1.25 bits per heavy atom. The van der Waals surface area contributed by atoms with Gasteiger partial charge in [-0.25, -0.2) is 14.6 Å². The van der Waals surface area contributed by atoms with Crippen molar-refractivity contribution in [1.82, 2.24) is 19.7 Å². The maximum Gasteiger partial charge on any atom is 0.236 e. The van der Waals surface area contributed by atoms with E-state index in [0.717, 1.165) is 16.3 Å². The lowest BCUT2D eigenvalue weighted by atomic mass is 10.2. The van der Waals surface area contributed by atoms with Crippen LogP contribution in [0, 0.1) is 20.8 Å². The lowest BCUT2D eigenvalue weighted by molar-refractivity contribution is -0.115. The van der Waals surface area contributed by atoms with Gasteiger partial charge in [0.25, 0.3) is 0 Å². The number of anilines is 1. The van der Waals surface area contributed by atoms with Crippen molar-refractivity contribution in [3.05, 3.63) is 64.8 Å². The first-order valence-electron chi connectivity index (χ1n) is 8.79. The Bertz CT molecular complexity index is 1110. The molecule has 0 saturated heterocycles. The number of nitrogens with one attached hydrogen (secondary N) is 1. The fraction of sp³-hybridized carbons (Fsp3) is 0.200. The van der Waals surface area contributed by atoms with Crippen molar-refractivity contribution >= 4 is 22.9 Å². The quantitative estimate of drug-likeness (QED) is 0.552. The predicted molar refractivity (Wildman–Crippen MR) is 108 cm³/mol. The van der Waals surface area contributed by atoms with Crippen LogP contribution in [0.5, 0.6) is 0 Å². The zero-order valence-corrected chi connectivity index (χ0v) is 16.6. The van der Waals surface area contributed by atoms with E-state index in [2.05, 4.69) is 20.4 Å². The topological polar surface area (TPSA) is 85.8 Å². The summed E-state index contributed by atoms with van der Waals surface area (Å²) in [4.78, 5) is 22.2. The van der Waals surface area contributed by atoms with Gasteiger partial charge in [-0.2, -0.15) is 5.10 Å². The van der Waals surface area contributed by atoms with Crippen LogP contribution in [0.1, 0.15) is 22.8 Å². The molecule has 1 amide bonds. The second kappa shape index (κ2) is 7.40. The number of oxazole rings is 1. The molecule has 0 aliphatic carbocycles. The summed E-state index contributed by atoms with van der Waals surface area (Å²) >= 11 is 1.55. The Balaban J connectivity index is 1.43. The molecule has 0 aromatic carbocycles. The highest BCUT2D eigenvalue weighted by Gasteiger charge is 2.15. The summed E-state index contributed by atoms with van der Waals surface area (Å²) in [6.45, 7) is 5.73. The molecule has 28 heavy (non-hydrogen) atoms. The van der Waals surface area contributed by atoms with Crippen molar-refractivity contribution in [2.45, 2.75) is 27.2 Å². The van der Waals surface area contributed by atoms with E-state index in [1.165, 1.54) is 0 Å². The van der Waals surface area contributed by atoms with Crippen molar-refractivity contribution in [2.75, 3.05) is 5.32 Å². The summed E-state index contributed by atoms with van der Waals surface area (Å²) in [5.74, 6) is 1.73. The van der Waals surface area contributed by atoms with Crippen molar-refractivity contribution in [3.63, 3.8) is 0 Å². The first kappa shape index (κ1) is 18.1. The van der Waals surface area contributed by atoms with E-state index in [9.17, 15) is 4.79 Å². The molecule has 4 heterocycles. The third-order valence-electron chi connectivity index (χ3n) is 4.21. The Labute approximate surface area is 166 Å². The number of rotatable bonds is 5. The van der Waals surface area contributed by atoms with Crippen molar-refractivity contribution in [3.8, 4) is 16.6 Å². The molecule has 0 aliphatic heterocycles. The number of amides is 1. The van der Waals surface area contributed by atoms with E-state index < -0.39 is 0 Å². The number of pyridine rings is 1. The Kier molecular flexibility index (Phi) is 4.79. The molecule has 0 unspecified atom stereocenters. The maximum atomic E-state index is 12.4. The van der Waals surface area contributed by atoms with Crippen LogP contribution in [0.25, 0.3) is 16.6 Å². The van der Waals surface area contributed by atoms with Crippen molar-refractivity contribution in [2.24, 2.45) is 0 Å². The SMILES string of the molecule is Cc1cc(C)n(-c2ccc(NC(=O)Cc3nc(-c4cccs4)oc3C)cn2)n1. The fourth-order valence-electron chi connectivity index (χ4n) is 2.90.